The molecule has 0 fully saturated rings. The maximum atomic E-state index is 12.9. The molecule has 138 valence electrons. The number of amides is 1. The normalized spacial score (nSPS) is 13.3. The van der Waals surface area contributed by atoms with Crippen molar-refractivity contribution in [2.45, 2.75) is 26.4 Å². The van der Waals surface area contributed by atoms with Crippen molar-refractivity contribution in [2.75, 3.05) is 6.54 Å². The van der Waals surface area contributed by atoms with Crippen LogP contribution in [0.15, 0.2) is 36.7 Å². The molecule has 3 heterocycles. The largest absolute Gasteiger partial charge is 0.439 e. The van der Waals surface area contributed by atoms with Gasteiger partial charge in [0.15, 0.2) is 0 Å². The number of aromatic amines is 1. The SMILES string of the molecule is Cc1[nH]nc2c1CN(C(=O)c1cccc(Oc3cc(CN)ncn3)c1)CC2. The molecule has 8 nitrogen and oxygen atoms in total. The number of H-pyrrole nitrogens is 1. The van der Waals surface area contributed by atoms with E-state index in [9.17, 15) is 4.79 Å². The first-order valence-corrected chi connectivity index (χ1v) is 8.75. The Hall–Kier alpha value is -3.26. The summed E-state index contributed by atoms with van der Waals surface area (Å²) < 4.78 is 5.77. The molecule has 27 heavy (non-hydrogen) atoms. The molecule has 0 aliphatic carbocycles. The molecule has 0 saturated heterocycles. The Balaban J connectivity index is 1.52. The summed E-state index contributed by atoms with van der Waals surface area (Å²) in [5.74, 6) is 0.906. The molecule has 3 N–H and O–H groups in total. The molecule has 0 saturated carbocycles. The molecule has 0 unspecified atom stereocenters. The van der Waals surface area contributed by atoms with Gasteiger partial charge in [-0.05, 0) is 25.1 Å². The Labute approximate surface area is 156 Å². The molecule has 1 aliphatic heterocycles. The van der Waals surface area contributed by atoms with Gasteiger partial charge in [-0.3, -0.25) is 9.89 Å². The lowest BCUT2D eigenvalue weighted by Crippen LogP contribution is -2.36. The summed E-state index contributed by atoms with van der Waals surface area (Å²) in [4.78, 5) is 22.9. The van der Waals surface area contributed by atoms with E-state index in [2.05, 4.69) is 20.2 Å². The minimum absolute atomic E-state index is 0.0305. The number of hydrogen-bond acceptors (Lipinski definition) is 6. The Morgan fingerprint density at radius 2 is 2.22 bits per heavy atom. The zero-order chi connectivity index (χ0) is 18.8. The van der Waals surface area contributed by atoms with Crippen molar-refractivity contribution in [3.63, 3.8) is 0 Å². The van der Waals surface area contributed by atoms with E-state index in [-0.39, 0.29) is 5.91 Å². The highest BCUT2D eigenvalue weighted by molar-refractivity contribution is 5.94. The molecule has 4 rings (SSSR count). The fraction of sp³-hybridized carbons (Fsp3) is 0.263. The smallest absolute Gasteiger partial charge is 0.254 e. The number of carbonyl (C=O) groups is 1. The van der Waals surface area contributed by atoms with E-state index < -0.39 is 0 Å². The van der Waals surface area contributed by atoms with Gasteiger partial charge in [-0.15, -0.1) is 0 Å². The van der Waals surface area contributed by atoms with E-state index in [0.717, 1.165) is 23.4 Å². The van der Waals surface area contributed by atoms with Crippen LogP contribution in [0.3, 0.4) is 0 Å². The van der Waals surface area contributed by atoms with Gasteiger partial charge in [-0.2, -0.15) is 5.10 Å². The quantitative estimate of drug-likeness (QED) is 0.732. The highest BCUT2D eigenvalue weighted by Gasteiger charge is 2.25. The topological polar surface area (TPSA) is 110 Å². The van der Waals surface area contributed by atoms with Crippen LogP contribution in [0.1, 0.15) is 33.0 Å². The zero-order valence-corrected chi connectivity index (χ0v) is 15.0. The first-order chi connectivity index (χ1) is 13.1. The summed E-state index contributed by atoms with van der Waals surface area (Å²) in [6.45, 7) is 3.49. The number of benzene rings is 1. The Kier molecular flexibility index (Phi) is 4.55. The van der Waals surface area contributed by atoms with Crippen molar-refractivity contribution >= 4 is 5.91 Å². The van der Waals surface area contributed by atoms with Crippen molar-refractivity contribution in [1.82, 2.24) is 25.1 Å². The minimum Gasteiger partial charge on any atom is -0.439 e. The van der Waals surface area contributed by atoms with Crippen molar-refractivity contribution in [3.05, 3.63) is 64.9 Å². The van der Waals surface area contributed by atoms with Crippen molar-refractivity contribution in [2.24, 2.45) is 5.73 Å². The number of nitrogens with zero attached hydrogens (tertiary/aromatic N) is 4. The summed E-state index contributed by atoms with van der Waals surface area (Å²) in [6.07, 6.45) is 2.16. The number of ether oxygens (including phenoxy) is 1. The number of nitrogens with one attached hydrogen (secondary N) is 1. The van der Waals surface area contributed by atoms with Crippen LogP contribution in [0.25, 0.3) is 0 Å². The molecule has 1 amide bonds. The maximum absolute atomic E-state index is 12.9. The van der Waals surface area contributed by atoms with E-state index in [4.69, 9.17) is 10.5 Å². The minimum atomic E-state index is -0.0305. The molecule has 0 spiro atoms. The van der Waals surface area contributed by atoms with Gasteiger partial charge in [0.1, 0.15) is 12.1 Å². The van der Waals surface area contributed by atoms with Crippen LogP contribution < -0.4 is 10.5 Å². The predicted octanol–water partition coefficient (Wildman–Crippen LogP) is 1.96. The van der Waals surface area contributed by atoms with E-state index >= 15 is 0 Å². The van der Waals surface area contributed by atoms with E-state index in [1.807, 2.05) is 11.8 Å². The third-order valence-corrected chi connectivity index (χ3v) is 4.63. The number of nitrogens with two attached hydrogens (primary N) is 1. The molecular weight excluding hydrogens is 344 g/mol. The maximum Gasteiger partial charge on any atom is 0.254 e. The van der Waals surface area contributed by atoms with Gasteiger partial charge in [-0.1, -0.05) is 6.07 Å². The second-order valence-corrected chi connectivity index (χ2v) is 6.43. The summed E-state index contributed by atoms with van der Waals surface area (Å²) >= 11 is 0. The van der Waals surface area contributed by atoms with Crippen LogP contribution in [0.2, 0.25) is 0 Å². The van der Waals surface area contributed by atoms with E-state index in [1.165, 1.54) is 6.33 Å². The van der Waals surface area contributed by atoms with Crippen molar-refractivity contribution < 1.29 is 9.53 Å². The Morgan fingerprint density at radius 3 is 3.07 bits per heavy atom. The van der Waals surface area contributed by atoms with Gasteiger partial charge in [0, 0.05) is 48.9 Å². The lowest BCUT2D eigenvalue weighted by atomic mass is 10.0. The average molecular weight is 364 g/mol. The highest BCUT2D eigenvalue weighted by Crippen LogP contribution is 2.24. The molecular formula is C19H20N6O2. The number of fused-ring (bicyclic) bond motifs is 1. The summed E-state index contributed by atoms with van der Waals surface area (Å²) in [7, 11) is 0. The first-order valence-electron chi connectivity index (χ1n) is 8.75. The van der Waals surface area contributed by atoms with Crippen LogP contribution in [0, 0.1) is 6.92 Å². The molecule has 8 heteroatoms. The number of aromatic nitrogens is 4. The van der Waals surface area contributed by atoms with Gasteiger partial charge in [0.25, 0.3) is 5.91 Å². The fourth-order valence-corrected chi connectivity index (χ4v) is 3.14. The summed E-state index contributed by atoms with van der Waals surface area (Å²) in [5.41, 5.74) is 10.0. The monoisotopic (exact) mass is 364 g/mol. The summed E-state index contributed by atoms with van der Waals surface area (Å²) in [5, 5.41) is 7.29. The van der Waals surface area contributed by atoms with Gasteiger partial charge >= 0.3 is 0 Å². The van der Waals surface area contributed by atoms with Gasteiger partial charge in [0.2, 0.25) is 5.88 Å². The van der Waals surface area contributed by atoms with E-state index in [1.54, 1.807) is 30.3 Å². The van der Waals surface area contributed by atoms with Crippen molar-refractivity contribution in [3.8, 4) is 11.6 Å². The van der Waals surface area contributed by atoms with E-state index in [0.29, 0.717) is 42.5 Å². The molecule has 0 bridgehead atoms. The number of carbonyl (C=O) groups excluding carboxylic acids is 1. The molecule has 0 atom stereocenters. The molecule has 1 aromatic carbocycles. The molecule has 0 radical (unpaired) electrons. The number of aryl methyl sites for hydroxylation is 1. The van der Waals surface area contributed by atoms with Crippen LogP contribution in [-0.2, 0) is 19.5 Å². The Bertz CT molecular complexity index is 984. The number of rotatable bonds is 4. The van der Waals surface area contributed by atoms with Crippen LogP contribution >= 0.6 is 0 Å². The van der Waals surface area contributed by atoms with Gasteiger partial charge in [0.05, 0.1) is 11.4 Å². The fourth-order valence-electron chi connectivity index (χ4n) is 3.14. The highest BCUT2D eigenvalue weighted by atomic mass is 16.5. The van der Waals surface area contributed by atoms with Crippen molar-refractivity contribution in [1.29, 1.82) is 0 Å². The second kappa shape index (κ2) is 7.16. The lowest BCUT2D eigenvalue weighted by molar-refractivity contribution is 0.0733. The first kappa shape index (κ1) is 17.2. The molecule has 2 aromatic heterocycles. The predicted molar refractivity (Wildman–Crippen MR) is 98.2 cm³/mol. The average Bonchev–Trinajstić information content (AvgIpc) is 3.08. The molecule has 3 aromatic rings. The van der Waals surface area contributed by atoms with Gasteiger partial charge < -0.3 is 15.4 Å². The zero-order valence-electron chi connectivity index (χ0n) is 15.0. The third-order valence-electron chi connectivity index (χ3n) is 4.63. The lowest BCUT2D eigenvalue weighted by Gasteiger charge is -2.27. The van der Waals surface area contributed by atoms with Crippen LogP contribution in [-0.4, -0.2) is 37.5 Å². The third kappa shape index (κ3) is 3.52. The van der Waals surface area contributed by atoms with Crippen LogP contribution in [0.5, 0.6) is 11.6 Å². The van der Waals surface area contributed by atoms with Gasteiger partial charge in [-0.25, -0.2) is 9.97 Å². The molecule has 1 aliphatic rings. The number of hydrogen-bond donors (Lipinski definition) is 2. The Morgan fingerprint density at radius 1 is 1.33 bits per heavy atom. The standard InChI is InChI=1S/C19H20N6O2/c1-12-16-10-25(6-5-17(16)24-23-12)19(26)13-3-2-4-15(7-13)27-18-8-14(9-20)21-11-22-18/h2-4,7-8,11H,5-6,9-10,20H2,1H3,(H,23,24). The van der Waals surface area contributed by atoms with Crippen LogP contribution in [0.4, 0.5) is 0 Å². The second-order valence-electron chi connectivity index (χ2n) is 6.43. The summed E-state index contributed by atoms with van der Waals surface area (Å²) in [6, 6.07) is 8.78.